The molecule has 5 nitrogen and oxygen atoms in total. The van der Waals surface area contributed by atoms with E-state index < -0.39 is 0 Å². The van der Waals surface area contributed by atoms with Crippen LogP contribution in [0.15, 0.2) is 91.1 Å². The maximum absolute atomic E-state index is 6.50. The van der Waals surface area contributed by atoms with Crippen LogP contribution in [0.5, 0.6) is 11.5 Å². The summed E-state index contributed by atoms with van der Waals surface area (Å²) in [6.45, 7) is 20.1. The normalized spacial score (nSPS) is 11.9. The Labute approximate surface area is 323 Å². The van der Waals surface area contributed by atoms with Crippen molar-refractivity contribution in [1.29, 1.82) is 0 Å². The van der Waals surface area contributed by atoms with Gasteiger partial charge in [-0.3, -0.25) is 4.57 Å². The van der Waals surface area contributed by atoms with E-state index in [9.17, 15) is 0 Å². The molecule has 0 bridgehead atoms. The molecule has 0 amide bonds. The van der Waals surface area contributed by atoms with Crippen LogP contribution < -0.4 is 9.30 Å². The predicted octanol–water partition coefficient (Wildman–Crippen LogP) is 10.7. The number of ether oxygens (including phenoxy) is 1. The Bertz CT molecular complexity index is 2340. The Balaban J connectivity index is 0.00000464. The van der Waals surface area contributed by atoms with Crippen molar-refractivity contribution in [3.05, 3.63) is 138 Å². The summed E-state index contributed by atoms with van der Waals surface area (Å²) in [5.41, 5.74) is 10.2. The number of aromatic nitrogens is 4. The molecule has 0 N–H and O–H groups in total. The Morgan fingerprint density at radius 3 is 2.15 bits per heavy atom. The number of nitrogens with zero attached hydrogens (tertiary/aromatic N) is 4. The van der Waals surface area contributed by atoms with E-state index in [2.05, 4.69) is 161 Å². The fourth-order valence-electron chi connectivity index (χ4n) is 7.03. The van der Waals surface area contributed by atoms with Gasteiger partial charge in [0.1, 0.15) is 5.82 Å². The molecule has 0 aliphatic carbocycles. The van der Waals surface area contributed by atoms with Crippen molar-refractivity contribution >= 4 is 21.8 Å². The van der Waals surface area contributed by atoms with Gasteiger partial charge in [-0.15, -0.1) is 29.7 Å². The van der Waals surface area contributed by atoms with Gasteiger partial charge in [-0.25, -0.2) is 4.98 Å². The van der Waals surface area contributed by atoms with E-state index in [1.165, 1.54) is 16.7 Å². The van der Waals surface area contributed by atoms with Crippen molar-refractivity contribution in [1.82, 2.24) is 14.1 Å². The average Bonchev–Trinajstić information content (AvgIpc) is 3.57. The van der Waals surface area contributed by atoms with E-state index >= 15 is 0 Å². The van der Waals surface area contributed by atoms with Crippen LogP contribution in [0.3, 0.4) is 0 Å². The van der Waals surface area contributed by atoms with E-state index in [1.807, 2.05) is 24.4 Å². The second kappa shape index (κ2) is 14.9. The third kappa shape index (κ3) is 7.52. The second-order valence-electron chi connectivity index (χ2n) is 15.7. The Morgan fingerprint density at radius 1 is 0.769 bits per heavy atom. The molecule has 4 aromatic carbocycles. The number of rotatable bonds is 9. The monoisotopic (exact) mass is 867 g/mol. The number of hydrogen-bond donors (Lipinski definition) is 0. The van der Waals surface area contributed by atoms with E-state index in [0.29, 0.717) is 23.3 Å². The number of benzene rings is 4. The third-order valence-electron chi connectivity index (χ3n) is 9.59. The summed E-state index contributed by atoms with van der Waals surface area (Å²) in [6, 6.07) is 37.0. The molecule has 52 heavy (non-hydrogen) atoms. The van der Waals surface area contributed by atoms with Crippen molar-refractivity contribution in [2.45, 2.75) is 80.6 Å². The van der Waals surface area contributed by atoms with Crippen LogP contribution in [0.4, 0.5) is 0 Å². The van der Waals surface area contributed by atoms with Crippen molar-refractivity contribution in [3.63, 3.8) is 0 Å². The number of pyridine rings is 1. The Kier molecular flexibility index (Phi) is 10.7. The summed E-state index contributed by atoms with van der Waals surface area (Å²) in [4.78, 5) is 4.82. The molecule has 0 spiro atoms. The maximum atomic E-state index is 6.50. The zero-order chi connectivity index (χ0) is 36.0. The molecule has 7 rings (SSSR count). The van der Waals surface area contributed by atoms with Crippen LogP contribution in [-0.2, 0) is 39.3 Å². The molecular weight excluding hydrogens is 820 g/mol. The first-order valence-electron chi connectivity index (χ1n) is 18.1. The molecule has 0 atom stereocenters. The first-order chi connectivity index (χ1) is 24.4. The van der Waals surface area contributed by atoms with Gasteiger partial charge in [0, 0.05) is 50.0 Å². The van der Waals surface area contributed by atoms with Gasteiger partial charge in [-0.2, -0.15) is 18.2 Å². The van der Waals surface area contributed by atoms with Crippen LogP contribution in [0.1, 0.15) is 76.5 Å². The molecule has 0 aliphatic rings. The van der Waals surface area contributed by atoms with Crippen LogP contribution in [0.25, 0.3) is 39.0 Å². The van der Waals surface area contributed by atoms with Gasteiger partial charge in [-0.05, 0) is 90.9 Å². The first-order valence-corrected chi connectivity index (χ1v) is 18.1. The van der Waals surface area contributed by atoms with E-state index in [0.717, 1.165) is 63.2 Å². The molecule has 0 radical (unpaired) electrons. The smallest absolute Gasteiger partial charge is 0.267 e. The molecule has 0 aliphatic heterocycles. The maximum Gasteiger partial charge on any atom is 0.267 e. The number of para-hydroxylation sites is 1. The van der Waals surface area contributed by atoms with Gasteiger partial charge < -0.3 is 13.9 Å². The third-order valence-corrected chi connectivity index (χ3v) is 9.59. The summed E-state index contributed by atoms with van der Waals surface area (Å²) < 4.78 is 13.0. The standard InChI is InChI=1S/C46H48N4O.Pt/c1-30(2)21-34-23-35(22-31(3)4)25-38(24-34)49-29-48(32(5)33(49)6)37-13-12-14-39(27-37)51-40-17-18-42-41-15-10-11-16-43(41)50(44(42)28-40)45-26-36(19-20-47-45)46(7,8)9;/h10-20,23-26,30-31H,21-22H2,1-9H3;/q-2;. The summed E-state index contributed by atoms with van der Waals surface area (Å²) in [6.07, 6.45) is 7.64. The van der Waals surface area contributed by atoms with Crippen molar-refractivity contribution < 1.29 is 30.4 Å². The summed E-state index contributed by atoms with van der Waals surface area (Å²) in [5, 5.41) is 2.26. The Hall–Kier alpha value is -4.47. The number of imidazole rings is 1. The van der Waals surface area contributed by atoms with Gasteiger partial charge in [0.15, 0.2) is 0 Å². The van der Waals surface area contributed by atoms with Crippen molar-refractivity contribution in [2.75, 3.05) is 0 Å². The molecule has 270 valence electrons. The SMILES string of the molecule is Cc1c(C)[n+](-c2cc(CC(C)C)cc(CC(C)C)c2)[c-]n1-c1[c-]c(Oc2[c-]c3c(cc2)c2ccccc2n3-c2cc(C(C)(C)C)ccn2)ccc1.[Pt]. The number of fused-ring (bicyclic) bond motifs is 3. The topological polar surface area (TPSA) is 35.9 Å². The summed E-state index contributed by atoms with van der Waals surface area (Å²) >= 11 is 0. The summed E-state index contributed by atoms with van der Waals surface area (Å²) in [5.74, 6) is 3.27. The molecular formula is C46H48N4OPt-2. The van der Waals surface area contributed by atoms with E-state index in [1.54, 1.807) is 0 Å². The van der Waals surface area contributed by atoms with E-state index in [4.69, 9.17) is 9.72 Å². The molecule has 0 saturated heterocycles. The number of hydrogen-bond acceptors (Lipinski definition) is 2. The molecule has 3 aromatic heterocycles. The predicted molar refractivity (Wildman–Crippen MR) is 208 cm³/mol. The molecule has 0 saturated carbocycles. The van der Waals surface area contributed by atoms with Crippen molar-refractivity contribution in [3.8, 4) is 28.7 Å². The van der Waals surface area contributed by atoms with Gasteiger partial charge in [-0.1, -0.05) is 89.4 Å². The van der Waals surface area contributed by atoms with Gasteiger partial charge in [0.2, 0.25) is 0 Å². The van der Waals surface area contributed by atoms with Crippen LogP contribution in [-0.4, -0.2) is 14.1 Å². The second-order valence-corrected chi connectivity index (χ2v) is 15.7. The minimum atomic E-state index is -0.00288. The zero-order valence-electron chi connectivity index (χ0n) is 31.7. The van der Waals surface area contributed by atoms with E-state index in [-0.39, 0.29) is 26.5 Å². The van der Waals surface area contributed by atoms with Crippen LogP contribution in [0, 0.1) is 44.1 Å². The van der Waals surface area contributed by atoms with Gasteiger partial charge in [0.05, 0.1) is 11.4 Å². The van der Waals surface area contributed by atoms with Crippen LogP contribution in [0.2, 0.25) is 0 Å². The molecule has 6 heteroatoms. The fraction of sp³-hybridized carbons (Fsp3) is 0.304. The Morgan fingerprint density at radius 2 is 1.46 bits per heavy atom. The molecule has 3 heterocycles. The van der Waals surface area contributed by atoms with Gasteiger partial charge >= 0.3 is 0 Å². The quantitative estimate of drug-likeness (QED) is 0.107. The molecule has 7 aromatic rings. The van der Waals surface area contributed by atoms with Gasteiger partial charge in [0.25, 0.3) is 6.33 Å². The first kappa shape index (κ1) is 37.3. The minimum absolute atomic E-state index is 0. The summed E-state index contributed by atoms with van der Waals surface area (Å²) in [7, 11) is 0. The van der Waals surface area contributed by atoms with Crippen molar-refractivity contribution in [2.24, 2.45) is 11.8 Å². The fourth-order valence-corrected chi connectivity index (χ4v) is 7.03. The van der Waals surface area contributed by atoms with Crippen LogP contribution >= 0.6 is 0 Å². The average molecular weight is 868 g/mol. The zero-order valence-corrected chi connectivity index (χ0v) is 34.0. The molecule has 0 unspecified atom stereocenters. The largest absolute Gasteiger partial charge is 0.510 e. The minimum Gasteiger partial charge on any atom is -0.510 e. The molecule has 0 fully saturated rings.